The standard InChI is InChI=1S/C8H7NO6S/c1-15-8(10)5-2-3-7(16(13)14)6(4-5)9(11)12/h2-4H,1H3,(H,13,14)/p-1. The molecule has 0 N–H and O–H groups in total. The Morgan fingerprint density at radius 1 is 1.50 bits per heavy atom. The molecule has 86 valence electrons. The van der Waals surface area contributed by atoms with Crippen molar-refractivity contribution in [1.82, 2.24) is 0 Å². The minimum atomic E-state index is -2.73. The molecule has 0 saturated carbocycles. The monoisotopic (exact) mass is 244 g/mol. The SMILES string of the molecule is COC(=O)c1ccc(S(=O)[O-])c([N+](=O)[O-])c1. The maximum atomic E-state index is 11.1. The van der Waals surface area contributed by atoms with Gasteiger partial charge in [-0.1, -0.05) is 0 Å². The van der Waals surface area contributed by atoms with E-state index in [-0.39, 0.29) is 5.56 Å². The molecule has 7 nitrogen and oxygen atoms in total. The second-order valence-electron chi connectivity index (χ2n) is 2.67. The number of carbonyl (C=O) groups excluding carboxylic acids is 1. The van der Waals surface area contributed by atoms with Crippen molar-refractivity contribution < 1.29 is 23.2 Å². The fraction of sp³-hybridized carbons (Fsp3) is 0.125. The third-order valence-electron chi connectivity index (χ3n) is 1.76. The summed E-state index contributed by atoms with van der Waals surface area (Å²) in [5.41, 5.74) is -0.736. The molecule has 0 bridgehead atoms. The van der Waals surface area contributed by atoms with Crippen molar-refractivity contribution >= 4 is 22.7 Å². The van der Waals surface area contributed by atoms with E-state index in [4.69, 9.17) is 0 Å². The highest BCUT2D eigenvalue weighted by Crippen LogP contribution is 2.23. The Bertz CT molecular complexity index is 472. The van der Waals surface area contributed by atoms with E-state index in [0.717, 1.165) is 25.3 Å². The number of carbonyl (C=O) groups is 1. The summed E-state index contributed by atoms with van der Waals surface area (Å²) in [5.74, 6) is -0.772. The number of benzene rings is 1. The number of ether oxygens (including phenoxy) is 1. The van der Waals surface area contributed by atoms with Crippen molar-refractivity contribution in [3.05, 3.63) is 33.9 Å². The van der Waals surface area contributed by atoms with E-state index in [1.165, 1.54) is 0 Å². The maximum Gasteiger partial charge on any atom is 0.338 e. The van der Waals surface area contributed by atoms with Gasteiger partial charge in [0.2, 0.25) is 0 Å². The second kappa shape index (κ2) is 4.81. The lowest BCUT2D eigenvalue weighted by molar-refractivity contribution is -0.387. The lowest BCUT2D eigenvalue weighted by atomic mass is 10.2. The molecule has 0 aliphatic heterocycles. The average Bonchev–Trinajstić information content (AvgIpc) is 2.26. The number of rotatable bonds is 3. The number of esters is 1. The van der Waals surface area contributed by atoms with Crippen LogP contribution in [0.5, 0.6) is 0 Å². The topological polar surface area (TPSA) is 110 Å². The molecule has 0 radical (unpaired) electrons. The molecule has 16 heavy (non-hydrogen) atoms. The Morgan fingerprint density at radius 3 is 2.56 bits per heavy atom. The van der Waals surface area contributed by atoms with Crippen LogP contribution in [0.3, 0.4) is 0 Å². The van der Waals surface area contributed by atoms with Crippen molar-refractivity contribution in [2.75, 3.05) is 7.11 Å². The summed E-state index contributed by atoms with van der Waals surface area (Å²) >= 11 is -2.73. The van der Waals surface area contributed by atoms with E-state index in [1.54, 1.807) is 0 Å². The molecule has 1 aromatic rings. The number of nitro groups is 1. The Labute approximate surface area is 92.5 Å². The Balaban J connectivity index is 3.34. The van der Waals surface area contributed by atoms with Crippen LogP contribution in [0, 0.1) is 10.1 Å². The van der Waals surface area contributed by atoms with Gasteiger partial charge in [0.15, 0.2) is 0 Å². The van der Waals surface area contributed by atoms with Crippen LogP contribution in [0.1, 0.15) is 10.4 Å². The first kappa shape index (κ1) is 12.3. The van der Waals surface area contributed by atoms with Crippen molar-refractivity contribution in [3.63, 3.8) is 0 Å². The van der Waals surface area contributed by atoms with Gasteiger partial charge in [-0.15, -0.1) is 0 Å². The van der Waals surface area contributed by atoms with E-state index in [0.29, 0.717) is 0 Å². The number of hydrogen-bond donors (Lipinski definition) is 0. The van der Waals surface area contributed by atoms with Gasteiger partial charge in [0.1, 0.15) is 4.90 Å². The molecule has 0 aliphatic rings. The van der Waals surface area contributed by atoms with Crippen molar-refractivity contribution in [1.29, 1.82) is 0 Å². The van der Waals surface area contributed by atoms with E-state index >= 15 is 0 Å². The molecule has 1 atom stereocenters. The predicted molar refractivity (Wildman–Crippen MR) is 51.6 cm³/mol. The molecule has 0 spiro atoms. The van der Waals surface area contributed by atoms with Crippen LogP contribution in [-0.2, 0) is 15.8 Å². The van der Waals surface area contributed by atoms with Crippen LogP contribution in [-0.4, -0.2) is 26.8 Å². The zero-order valence-corrected chi connectivity index (χ0v) is 8.85. The normalized spacial score (nSPS) is 11.9. The van der Waals surface area contributed by atoms with Crippen molar-refractivity contribution in [2.45, 2.75) is 4.90 Å². The highest BCUT2D eigenvalue weighted by atomic mass is 32.2. The van der Waals surface area contributed by atoms with Crippen LogP contribution in [0.2, 0.25) is 0 Å². The second-order valence-corrected chi connectivity index (χ2v) is 3.58. The van der Waals surface area contributed by atoms with Gasteiger partial charge >= 0.3 is 5.97 Å². The molecule has 8 heteroatoms. The predicted octanol–water partition coefficient (Wildman–Crippen LogP) is 0.619. The fourth-order valence-corrected chi connectivity index (χ4v) is 1.53. The summed E-state index contributed by atoms with van der Waals surface area (Å²) < 4.78 is 25.7. The molecule has 0 amide bonds. The minimum Gasteiger partial charge on any atom is -0.768 e. The number of nitrogens with zero attached hydrogens (tertiary/aromatic N) is 1. The highest BCUT2D eigenvalue weighted by molar-refractivity contribution is 7.79. The van der Waals surface area contributed by atoms with Gasteiger partial charge in [-0.05, 0) is 23.2 Å². The third kappa shape index (κ3) is 2.41. The van der Waals surface area contributed by atoms with E-state index in [9.17, 15) is 23.7 Å². The van der Waals surface area contributed by atoms with Gasteiger partial charge in [-0.25, -0.2) is 4.79 Å². The smallest absolute Gasteiger partial charge is 0.338 e. The zero-order valence-electron chi connectivity index (χ0n) is 8.04. The highest BCUT2D eigenvalue weighted by Gasteiger charge is 2.18. The molecular formula is C8H6NO6S-. The summed E-state index contributed by atoms with van der Waals surface area (Å²) in [6.07, 6.45) is 0. The molecule has 0 aliphatic carbocycles. The number of methoxy groups -OCH3 is 1. The number of hydrogen-bond acceptors (Lipinski definition) is 6. The molecule has 0 heterocycles. The average molecular weight is 244 g/mol. The van der Waals surface area contributed by atoms with E-state index < -0.39 is 32.6 Å². The van der Waals surface area contributed by atoms with Crippen LogP contribution in [0.25, 0.3) is 0 Å². The van der Waals surface area contributed by atoms with Gasteiger partial charge in [0, 0.05) is 6.07 Å². The quantitative estimate of drug-likeness (QED) is 0.333. The first-order chi connectivity index (χ1) is 7.47. The Hall–Kier alpha value is -1.80. The first-order valence-corrected chi connectivity index (χ1v) is 5.01. The summed E-state index contributed by atoms with van der Waals surface area (Å²) in [6.45, 7) is 0. The zero-order chi connectivity index (χ0) is 12.3. The van der Waals surface area contributed by atoms with Gasteiger partial charge in [-0.3, -0.25) is 14.3 Å². The minimum absolute atomic E-state index is 0.0802. The maximum absolute atomic E-state index is 11.1. The Kier molecular flexibility index (Phi) is 3.69. The Morgan fingerprint density at radius 2 is 2.12 bits per heavy atom. The third-order valence-corrected chi connectivity index (χ3v) is 2.46. The van der Waals surface area contributed by atoms with Crippen LogP contribution in [0.4, 0.5) is 5.69 Å². The first-order valence-electron chi connectivity index (χ1n) is 3.93. The molecule has 1 aromatic carbocycles. The van der Waals surface area contributed by atoms with Crippen molar-refractivity contribution in [2.24, 2.45) is 0 Å². The largest absolute Gasteiger partial charge is 0.768 e. The lowest BCUT2D eigenvalue weighted by Gasteiger charge is -2.06. The summed E-state index contributed by atoms with van der Waals surface area (Å²) in [7, 11) is 1.12. The lowest BCUT2D eigenvalue weighted by Crippen LogP contribution is -2.04. The van der Waals surface area contributed by atoms with Crippen LogP contribution >= 0.6 is 0 Å². The van der Waals surface area contributed by atoms with E-state index in [2.05, 4.69) is 4.74 Å². The molecule has 0 fully saturated rings. The number of nitro benzene ring substituents is 1. The van der Waals surface area contributed by atoms with Gasteiger partial charge in [0.05, 0.1) is 17.6 Å². The summed E-state index contributed by atoms with van der Waals surface area (Å²) in [4.78, 5) is 20.3. The van der Waals surface area contributed by atoms with Gasteiger partial charge in [-0.2, -0.15) is 0 Å². The van der Waals surface area contributed by atoms with Gasteiger partial charge in [0.25, 0.3) is 5.69 Å². The van der Waals surface area contributed by atoms with E-state index in [1.807, 2.05) is 0 Å². The molecule has 0 aromatic heterocycles. The van der Waals surface area contributed by atoms with Crippen LogP contribution < -0.4 is 0 Å². The van der Waals surface area contributed by atoms with Gasteiger partial charge < -0.3 is 9.29 Å². The summed E-state index contributed by atoms with van der Waals surface area (Å²) in [6, 6.07) is 2.98. The molecule has 0 saturated heterocycles. The van der Waals surface area contributed by atoms with Crippen LogP contribution in [0.15, 0.2) is 23.1 Å². The molecular weight excluding hydrogens is 238 g/mol. The summed E-state index contributed by atoms with van der Waals surface area (Å²) in [5, 5.41) is 10.6. The fourth-order valence-electron chi connectivity index (χ4n) is 1.05. The molecule has 1 rings (SSSR count). The molecule has 1 unspecified atom stereocenters. The van der Waals surface area contributed by atoms with Crippen molar-refractivity contribution in [3.8, 4) is 0 Å².